The van der Waals surface area contributed by atoms with E-state index in [1.807, 2.05) is 37.3 Å². The number of carbonyl (C=O) groups excluding carboxylic acids is 2. The third kappa shape index (κ3) is 2.58. The Balaban J connectivity index is 1.66. The third-order valence-electron chi connectivity index (χ3n) is 4.21. The molecule has 5 nitrogen and oxygen atoms in total. The van der Waals surface area contributed by atoms with Crippen LogP contribution in [0, 0.1) is 11.8 Å². The molecule has 0 spiro atoms. The minimum atomic E-state index is -0.634. The van der Waals surface area contributed by atoms with E-state index in [0.717, 1.165) is 5.56 Å². The second kappa shape index (κ2) is 6.02. The van der Waals surface area contributed by atoms with Crippen LogP contribution in [0.1, 0.15) is 12.5 Å². The molecule has 1 heterocycles. The molecule has 0 unspecified atom stereocenters. The molecule has 0 bridgehead atoms. The van der Waals surface area contributed by atoms with Crippen molar-refractivity contribution < 1.29 is 23.8 Å². The van der Waals surface area contributed by atoms with Gasteiger partial charge in [-0.3, -0.25) is 4.79 Å². The summed E-state index contributed by atoms with van der Waals surface area (Å²) in [5, 5.41) is 0. The van der Waals surface area contributed by atoms with Crippen molar-refractivity contribution in [2.45, 2.75) is 25.9 Å². The van der Waals surface area contributed by atoms with Gasteiger partial charge in [0.2, 0.25) is 0 Å². The Kier molecular flexibility index (Phi) is 4.09. The number of ether oxygens (including phenoxy) is 3. The number of ketones is 1. The van der Waals surface area contributed by atoms with Crippen molar-refractivity contribution in [3.63, 3.8) is 0 Å². The summed E-state index contributed by atoms with van der Waals surface area (Å²) in [6, 6.07) is 9.78. The van der Waals surface area contributed by atoms with E-state index in [4.69, 9.17) is 9.47 Å². The molecule has 1 aromatic carbocycles. The molecule has 116 valence electrons. The molecule has 0 amide bonds. The van der Waals surface area contributed by atoms with Gasteiger partial charge >= 0.3 is 5.97 Å². The van der Waals surface area contributed by atoms with Crippen LogP contribution in [0.25, 0.3) is 0 Å². The molecule has 2 aliphatic rings. The molecule has 0 aromatic heterocycles. The average Bonchev–Trinajstić information content (AvgIpc) is 3.03. The van der Waals surface area contributed by atoms with Gasteiger partial charge in [0, 0.05) is 11.8 Å². The lowest BCUT2D eigenvalue weighted by molar-refractivity contribution is -0.163. The maximum Gasteiger partial charge on any atom is 0.341 e. The lowest BCUT2D eigenvalue weighted by Gasteiger charge is -2.17. The molecule has 1 saturated heterocycles. The lowest BCUT2D eigenvalue weighted by Crippen LogP contribution is -2.25. The van der Waals surface area contributed by atoms with E-state index in [1.165, 1.54) is 7.11 Å². The minimum Gasteiger partial charge on any atom is -0.465 e. The average molecular weight is 302 g/mol. The topological polar surface area (TPSA) is 61.8 Å². The zero-order valence-corrected chi connectivity index (χ0v) is 12.5. The fraction of sp³-hybridized carbons (Fsp3) is 0.412. The summed E-state index contributed by atoms with van der Waals surface area (Å²) in [7, 11) is 1.26. The number of carbonyl (C=O) groups is 2. The first-order chi connectivity index (χ1) is 10.6. The van der Waals surface area contributed by atoms with E-state index in [2.05, 4.69) is 4.74 Å². The highest BCUT2D eigenvalue weighted by atomic mass is 16.7. The van der Waals surface area contributed by atoms with Crippen molar-refractivity contribution >= 4 is 11.8 Å². The molecule has 1 aromatic rings. The van der Waals surface area contributed by atoms with Crippen LogP contribution in [0.5, 0.6) is 0 Å². The number of Topliss-reactive ketones (excluding diaryl/α,β-unsaturated/α-hetero) is 1. The van der Waals surface area contributed by atoms with Crippen LogP contribution in [0.15, 0.2) is 42.0 Å². The van der Waals surface area contributed by atoms with Crippen LogP contribution < -0.4 is 0 Å². The van der Waals surface area contributed by atoms with Crippen molar-refractivity contribution in [2.75, 3.05) is 7.11 Å². The van der Waals surface area contributed by atoms with Crippen LogP contribution in [-0.2, 0) is 30.4 Å². The van der Waals surface area contributed by atoms with Crippen LogP contribution >= 0.6 is 0 Å². The summed E-state index contributed by atoms with van der Waals surface area (Å²) in [4.78, 5) is 23.8. The fourth-order valence-corrected chi connectivity index (χ4v) is 2.94. The second-order valence-corrected chi connectivity index (χ2v) is 5.59. The number of esters is 1. The molecule has 4 atom stereocenters. The van der Waals surface area contributed by atoms with E-state index in [9.17, 15) is 9.59 Å². The highest BCUT2D eigenvalue weighted by Gasteiger charge is 2.51. The summed E-state index contributed by atoms with van der Waals surface area (Å²) < 4.78 is 16.1. The van der Waals surface area contributed by atoms with Gasteiger partial charge in [0.25, 0.3) is 0 Å². The summed E-state index contributed by atoms with van der Waals surface area (Å²) in [6.07, 6.45) is 0.578. The zero-order valence-electron chi connectivity index (χ0n) is 12.5. The number of benzene rings is 1. The monoisotopic (exact) mass is 302 g/mol. The first-order valence-corrected chi connectivity index (χ1v) is 7.27. The van der Waals surface area contributed by atoms with E-state index in [-0.39, 0.29) is 23.2 Å². The van der Waals surface area contributed by atoms with Crippen molar-refractivity contribution in [1.29, 1.82) is 0 Å². The quantitative estimate of drug-likeness (QED) is 0.627. The van der Waals surface area contributed by atoms with Gasteiger partial charge in [-0.25, -0.2) is 4.79 Å². The Bertz CT molecular complexity index is 607. The maximum absolute atomic E-state index is 12.2. The van der Waals surface area contributed by atoms with Gasteiger partial charge in [0.05, 0.1) is 13.7 Å². The van der Waals surface area contributed by atoms with Crippen molar-refractivity contribution in [3.05, 3.63) is 47.5 Å². The van der Waals surface area contributed by atoms with E-state index < -0.39 is 18.4 Å². The molecule has 22 heavy (non-hydrogen) atoms. The molecule has 1 fully saturated rings. The number of hydrogen-bond donors (Lipinski definition) is 0. The highest BCUT2D eigenvalue weighted by molar-refractivity contribution is 6.20. The molecule has 0 saturated carbocycles. The maximum atomic E-state index is 12.2. The molecule has 0 N–H and O–H groups in total. The molecule has 1 aliphatic carbocycles. The first-order valence-electron chi connectivity index (χ1n) is 7.27. The van der Waals surface area contributed by atoms with Crippen LogP contribution in [0.2, 0.25) is 0 Å². The molecule has 0 radical (unpaired) electrons. The Labute approximate surface area is 128 Å². The molecule has 5 heteroatoms. The van der Waals surface area contributed by atoms with Crippen LogP contribution in [-0.4, -0.2) is 31.3 Å². The summed E-state index contributed by atoms with van der Waals surface area (Å²) in [5.41, 5.74) is 1.14. The Hall–Kier alpha value is -1.98. The summed E-state index contributed by atoms with van der Waals surface area (Å²) >= 11 is 0. The largest absolute Gasteiger partial charge is 0.465 e. The number of methoxy groups -OCH3 is 1. The fourth-order valence-electron chi connectivity index (χ4n) is 2.94. The van der Waals surface area contributed by atoms with Crippen LogP contribution in [0.4, 0.5) is 0 Å². The van der Waals surface area contributed by atoms with Gasteiger partial charge < -0.3 is 14.2 Å². The predicted molar refractivity (Wildman–Crippen MR) is 77.7 cm³/mol. The Morgan fingerprint density at radius 2 is 2.00 bits per heavy atom. The number of fused-ring (bicyclic) bond motifs is 1. The molecular weight excluding hydrogens is 284 g/mol. The van der Waals surface area contributed by atoms with Crippen molar-refractivity contribution in [2.24, 2.45) is 11.8 Å². The second-order valence-electron chi connectivity index (χ2n) is 5.59. The number of rotatable bonds is 4. The van der Waals surface area contributed by atoms with Gasteiger partial charge in [0.1, 0.15) is 11.7 Å². The number of hydrogen-bond acceptors (Lipinski definition) is 5. The standard InChI is InChI=1S/C17H18O5/c1-10-12-8-13(16(19)20-2)14(18)15(12)22-17(10)21-9-11-6-4-3-5-7-11/h3-8,10,12,15,17H,9H2,1-2H3/t10-,12-,15+,17-/m0/s1. The zero-order chi connectivity index (χ0) is 15.7. The summed E-state index contributed by atoms with van der Waals surface area (Å²) in [5.74, 6) is -1.05. The smallest absolute Gasteiger partial charge is 0.341 e. The minimum absolute atomic E-state index is 0.000168. The predicted octanol–water partition coefficient (Wildman–Crippen LogP) is 1.86. The van der Waals surface area contributed by atoms with Gasteiger partial charge in [0.15, 0.2) is 12.1 Å². The third-order valence-corrected chi connectivity index (χ3v) is 4.21. The van der Waals surface area contributed by atoms with Crippen LogP contribution in [0.3, 0.4) is 0 Å². The van der Waals surface area contributed by atoms with E-state index in [1.54, 1.807) is 6.08 Å². The van der Waals surface area contributed by atoms with E-state index >= 15 is 0 Å². The van der Waals surface area contributed by atoms with Crippen molar-refractivity contribution in [1.82, 2.24) is 0 Å². The normalized spacial score (nSPS) is 30.1. The Morgan fingerprint density at radius 1 is 1.27 bits per heavy atom. The van der Waals surface area contributed by atoms with E-state index in [0.29, 0.717) is 6.61 Å². The molecule has 1 aliphatic heterocycles. The SMILES string of the molecule is COC(=O)C1=C[C@H]2[C@H](C)[C@@H](OCc3ccccc3)O[C@H]2C1=O. The highest BCUT2D eigenvalue weighted by Crippen LogP contribution is 2.40. The molecule has 3 rings (SSSR count). The lowest BCUT2D eigenvalue weighted by atomic mass is 9.94. The van der Waals surface area contributed by atoms with Crippen molar-refractivity contribution in [3.8, 4) is 0 Å². The first kappa shape index (κ1) is 14.9. The van der Waals surface area contributed by atoms with Gasteiger partial charge in [-0.15, -0.1) is 0 Å². The molecular formula is C17H18O5. The van der Waals surface area contributed by atoms with Gasteiger partial charge in [-0.2, -0.15) is 0 Å². The van der Waals surface area contributed by atoms with Gasteiger partial charge in [-0.1, -0.05) is 43.3 Å². The Morgan fingerprint density at radius 3 is 2.64 bits per heavy atom. The van der Waals surface area contributed by atoms with Gasteiger partial charge in [-0.05, 0) is 5.56 Å². The summed E-state index contributed by atoms with van der Waals surface area (Å²) in [6.45, 7) is 2.39.